The van der Waals surface area contributed by atoms with Crippen molar-refractivity contribution in [3.05, 3.63) is 66.6 Å². The van der Waals surface area contributed by atoms with Crippen LogP contribution in [0.3, 0.4) is 0 Å². The standard InChI is InChI=1S/C24H24N6O2/c1-31-16-3-4-20-18(13-16)15(14-28-20)7-10-26-24-27-12-9-22(30-24)29-21-6-5-19-17(8-11-25-19)23(21)32-2/h3-6,8-9,11-14,25,28H,7,10H2,1-2H3,(H2,26,27,29,30). The summed E-state index contributed by atoms with van der Waals surface area (Å²) >= 11 is 0. The predicted molar refractivity (Wildman–Crippen MR) is 127 cm³/mol. The van der Waals surface area contributed by atoms with E-state index < -0.39 is 0 Å². The summed E-state index contributed by atoms with van der Waals surface area (Å²) in [6.45, 7) is 0.701. The third-order valence-corrected chi connectivity index (χ3v) is 5.46. The normalized spacial score (nSPS) is 11.1. The molecule has 0 saturated carbocycles. The number of aromatic amines is 2. The zero-order valence-electron chi connectivity index (χ0n) is 17.9. The second-order valence-electron chi connectivity index (χ2n) is 7.38. The van der Waals surface area contributed by atoms with Gasteiger partial charge in [-0.05, 0) is 54.4 Å². The van der Waals surface area contributed by atoms with Gasteiger partial charge in [0, 0.05) is 46.9 Å². The van der Waals surface area contributed by atoms with E-state index in [0.29, 0.717) is 18.3 Å². The maximum Gasteiger partial charge on any atom is 0.224 e. The Bertz CT molecular complexity index is 1370. The number of anilines is 3. The number of rotatable bonds is 8. The Kier molecular flexibility index (Phi) is 5.25. The third kappa shape index (κ3) is 3.78. The van der Waals surface area contributed by atoms with E-state index in [9.17, 15) is 0 Å². The third-order valence-electron chi connectivity index (χ3n) is 5.46. The summed E-state index contributed by atoms with van der Waals surface area (Å²) in [6.07, 6.45) is 6.49. The van der Waals surface area contributed by atoms with Crippen LogP contribution in [0.25, 0.3) is 21.8 Å². The fraction of sp³-hybridized carbons (Fsp3) is 0.167. The smallest absolute Gasteiger partial charge is 0.224 e. The molecule has 0 amide bonds. The van der Waals surface area contributed by atoms with Gasteiger partial charge in [0.1, 0.15) is 11.6 Å². The van der Waals surface area contributed by atoms with Crippen LogP contribution in [0.2, 0.25) is 0 Å². The van der Waals surface area contributed by atoms with Crippen LogP contribution in [-0.2, 0) is 6.42 Å². The fourth-order valence-corrected chi connectivity index (χ4v) is 3.88. The summed E-state index contributed by atoms with van der Waals surface area (Å²) in [5, 5.41) is 8.83. The highest BCUT2D eigenvalue weighted by Crippen LogP contribution is 2.34. The summed E-state index contributed by atoms with van der Waals surface area (Å²) in [7, 11) is 3.35. The van der Waals surface area contributed by atoms with Crippen LogP contribution < -0.4 is 20.1 Å². The lowest BCUT2D eigenvalue weighted by atomic mass is 10.1. The van der Waals surface area contributed by atoms with Gasteiger partial charge in [0.05, 0.1) is 19.9 Å². The number of nitrogens with zero attached hydrogens (tertiary/aromatic N) is 2. The number of benzene rings is 2. The molecular formula is C24H24N6O2. The van der Waals surface area contributed by atoms with Crippen LogP contribution in [-0.4, -0.2) is 40.7 Å². The van der Waals surface area contributed by atoms with Crippen molar-refractivity contribution in [3.8, 4) is 11.5 Å². The van der Waals surface area contributed by atoms with E-state index >= 15 is 0 Å². The van der Waals surface area contributed by atoms with Crippen molar-refractivity contribution in [1.82, 2.24) is 19.9 Å². The minimum atomic E-state index is 0.564. The molecule has 32 heavy (non-hydrogen) atoms. The molecule has 0 spiro atoms. The van der Waals surface area contributed by atoms with Crippen LogP contribution >= 0.6 is 0 Å². The minimum absolute atomic E-state index is 0.564. The Balaban J connectivity index is 1.28. The second kappa shape index (κ2) is 8.50. The Morgan fingerprint density at radius 2 is 1.81 bits per heavy atom. The van der Waals surface area contributed by atoms with Crippen molar-refractivity contribution in [3.63, 3.8) is 0 Å². The molecule has 2 aromatic carbocycles. The lowest BCUT2D eigenvalue weighted by molar-refractivity contribution is 0.415. The molecule has 0 aliphatic heterocycles. The Hall–Kier alpha value is -4.20. The SMILES string of the molecule is COc1ccc2[nH]cc(CCNc3nccc(Nc4ccc5[nH]ccc5c4OC)n3)c2c1. The number of hydrogen-bond donors (Lipinski definition) is 4. The first-order valence-corrected chi connectivity index (χ1v) is 10.4. The van der Waals surface area contributed by atoms with Gasteiger partial charge in [-0.25, -0.2) is 4.98 Å². The summed E-state index contributed by atoms with van der Waals surface area (Å²) in [4.78, 5) is 15.4. The van der Waals surface area contributed by atoms with Crippen molar-refractivity contribution in [1.29, 1.82) is 0 Å². The molecule has 162 valence electrons. The first kappa shape index (κ1) is 19.7. The van der Waals surface area contributed by atoms with Crippen molar-refractivity contribution in [2.24, 2.45) is 0 Å². The highest BCUT2D eigenvalue weighted by atomic mass is 16.5. The maximum absolute atomic E-state index is 5.62. The summed E-state index contributed by atoms with van der Waals surface area (Å²) < 4.78 is 11.0. The molecule has 0 aliphatic carbocycles. The van der Waals surface area contributed by atoms with E-state index in [1.165, 1.54) is 5.56 Å². The number of methoxy groups -OCH3 is 2. The molecule has 3 aromatic heterocycles. The number of H-pyrrole nitrogens is 2. The lowest BCUT2D eigenvalue weighted by Gasteiger charge is -2.12. The molecule has 5 rings (SSSR count). The van der Waals surface area contributed by atoms with Crippen LogP contribution in [0.5, 0.6) is 11.5 Å². The first-order valence-electron chi connectivity index (χ1n) is 10.4. The molecule has 0 bridgehead atoms. The monoisotopic (exact) mass is 428 g/mol. The van der Waals surface area contributed by atoms with E-state index in [-0.39, 0.29) is 0 Å². The summed E-state index contributed by atoms with van der Waals surface area (Å²) in [5.41, 5.74) is 4.17. The Morgan fingerprint density at radius 3 is 2.69 bits per heavy atom. The molecule has 0 fully saturated rings. The molecular weight excluding hydrogens is 404 g/mol. The highest BCUT2D eigenvalue weighted by Gasteiger charge is 2.10. The van der Waals surface area contributed by atoms with Crippen LogP contribution in [0.4, 0.5) is 17.5 Å². The molecule has 0 aliphatic rings. The number of nitrogens with one attached hydrogen (secondary N) is 4. The quantitative estimate of drug-likeness (QED) is 0.282. The average molecular weight is 428 g/mol. The molecule has 0 atom stereocenters. The van der Waals surface area contributed by atoms with E-state index in [0.717, 1.165) is 45.4 Å². The fourth-order valence-electron chi connectivity index (χ4n) is 3.88. The van der Waals surface area contributed by atoms with Gasteiger partial charge in [0.25, 0.3) is 0 Å². The maximum atomic E-state index is 5.62. The number of hydrogen-bond acceptors (Lipinski definition) is 6. The largest absolute Gasteiger partial charge is 0.497 e. The summed E-state index contributed by atoms with van der Waals surface area (Å²) in [6, 6.07) is 13.8. The van der Waals surface area contributed by atoms with Gasteiger partial charge < -0.3 is 30.1 Å². The zero-order valence-corrected chi connectivity index (χ0v) is 17.9. The van der Waals surface area contributed by atoms with Gasteiger partial charge in [-0.2, -0.15) is 4.98 Å². The molecule has 5 aromatic rings. The van der Waals surface area contributed by atoms with Crippen LogP contribution in [0.15, 0.2) is 61.1 Å². The van der Waals surface area contributed by atoms with Crippen molar-refractivity contribution < 1.29 is 9.47 Å². The Morgan fingerprint density at radius 1 is 0.938 bits per heavy atom. The number of aromatic nitrogens is 4. The zero-order chi connectivity index (χ0) is 21.9. The molecule has 0 radical (unpaired) electrons. The molecule has 0 saturated heterocycles. The van der Waals surface area contributed by atoms with Crippen molar-refractivity contribution in [2.75, 3.05) is 31.4 Å². The minimum Gasteiger partial charge on any atom is -0.497 e. The molecule has 3 heterocycles. The summed E-state index contributed by atoms with van der Waals surface area (Å²) in [5.74, 6) is 2.87. The van der Waals surface area contributed by atoms with E-state index in [1.54, 1.807) is 20.4 Å². The first-order chi connectivity index (χ1) is 15.7. The van der Waals surface area contributed by atoms with Crippen molar-refractivity contribution >= 4 is 39.3 Å². The highest BCUT2D eigenvalue weighted by molar-refractivity contribution is 5.92. The van der Waals surface area contributed by atoms with Gasteiger partial charge in [0.15, 0.2) is 5.75 Å². The molecule has 8 nitrogen and oxygen atoms in total. The lowest BCUT2D eigenvalue weighted by Crippen LogP contribution is -2.08. The van der Waals surface area contributed by atoms with Gasteiger partial charge >= 0.3 is 0 Å². The van der Waals surface area contributed by atoms with Crippen LogP contribution in [0.1, 0.15) is 5.56 Å². The van der Waals surface area contributed by atoms with Crippen molar-refractivity contribution in [2.45, 2.75) is 6.42 Å². The van der Waals surface area contributed by atoms with E-state index in [4.69, 9.17) is 9.47 Å². The van der Waals surface area contributed by atoms with Gasteiger partial charge in [-0.15, -0.1) is 0 Å². The predicted octanol–water partition coefficient (Wildman–Crippen LogP) is 4.85. The molecule has 8 heteroatoms. The topological polar surface area (TPSA) is 99.9 Å². The van der Waals surface area contributed by atoms with Gasteiger partial charge in [-0.3, -0.25) is 0 Å². The van der Waals surface area contributed by atoms with E-state index in [1.807, 2.05) is 48.8 Å². The molecule has 4 N–H and O–H groups in total. The number of fused-ring (bicyclic) bond motifs is 2. The Labute approximate surface area is 185 Å². The second-order valence-corrected chi connectivity index (χ2v) is 7.38. The molecule has 0 unspecified atom stereocenters. The van der Waals surface area contributed by atoms with Gasteiger partial charge in [0.2, 0.25) is 5.95 Å². The van der Waals surface area contributed by atoms with Crippen LogP contribution in [0, 0.1) is 0 Å². The van der Waals surface area contributed by atoms with E-state index in [2.05, 4.69) is 36.6 Å². The number of ether oxygens (including phenoxy) is 2. The average Bonchev–Trinajstić information content (AvgIpc) is 3.46. The van der Waals surface area contributed by atoms with Gasteiger partial charge in [-0.1, -0.05) is 0 Å².